The largest absolute Gasteiger partial charge is 1.00 e. The average molecular weight is 601 g/mol. The fraction of sp³-hybridized carbons (Fsp3) is 0.485. The van der Waals surface area contributed by atoms with Gasteiger partial charge in [0, 0.05) is 0 Å². The Hall–Kier alpha value is -0.747. The van der Waals surface area contributed by atoms with Crippen molar-refractivity contribution in [2.45, 2.75) is 102 Å². The van der Waals surface area contributed by atoms with Crippen molar-refractivity contribution in [3.8, 4) is 11.1 Å². The van der Waals surface area contributed by atoms with E-state index in [1.165, 1.54) is 42.4 Å². The van der Waals surface area contributed by atoms with Crippen LogP contribution in [0.5, 0.6) is 0 Å². The summed E-state index contributed by atoms with van der Waals surface area (Å²) < 4.78 is 4.54. The van der Waals surface area contributed by atoms with Crippen molar-refractivity contribution < 1.29 is 46.1 Å². The van der Waals surface area contributed by atoms with Crippen molar-refractivity contribution in [3.63, 3.8) is 0 Å². The van der Waals surface area contributed by atoms with Gasteiger partial charge in [0.15, 0.2) is 0 Å². The topological polar surface area (TPSA) is 0 Å². The number of aryl methyl sites for hydroxylation is 1. The molecular formula is C33H42Cl2Zr. The van der Waals surface area contributed by atoms with E-state index < -0.39 is 21.3 Å². The molecule has 0 heterocycles. The van der Waals surface area contributed by atoms with Gasteiger partial charge in [0.2, 0.25) is 0 Å². The second-order valence-corrected chi connectivity index (χ2v) is 19.6. The summed E-state index contributed by atoms with van der Waals surface area (Å²) in [5.74, 6) is 0. The maximum Gasteiger partial charge on any atom is -1.00 e. The monoisotopic (exact) mass is 598 g/mol. The summed E-state index contributed by atoms with van der Waals surface area (Å²) in [4.78, 5) is 0. The maximum atomic E-state index is 2.60. The molecule has 3 aliphatic carbocycles. The number of allylic oxidation sites excluding steroid dienone is 4. The fourth-order valence-electron chi connectivity index (χ4n) is 6.84. The Morgan fingerprint density at radius 1 is 0.750 bits per heavy atom. The molecule has 2 aromatic carbocycles. The molecule has 0 N–H and O–H groups in total. The summed E-state index contributed by atoms with van der Waals surface area (Å²) in [6.45, 7) is 19.1. The summed E-state index contributed by atoms with van der Waals surface area (Å²) in [7, 11) is 0. The van der Waals surface area contributed by atoms with Crippen LogP contribution < -0.4 is 28.1 Å². The molecule has 0 unspecified atom stereocenters. The van der Waals surface area contributed by atoms with Crippen LogP contribution in [0.15, 0.2) is 42.5 Å². The Morgan fingerprint density at radius 3 is 1.86 bits per heavy atom. The SMILES string of the molecule is Cc1cc2c(cc1C(C)(C)C)-c1cc(C(C)(C)C)c(C)[c]([Zr+2](=[C]3CCCC3)[CH]3C=CC=C3)c1C2.[Cl-].[Cl-]. The van der Waals surface area contributed by atoms with Crippen LogP contribution in [0.25, 0.3) is 11.1 Å². The van der Waals surface area contributed by atoms with Crippen LogP contribution in [0.3, 0.4) is 0 Å². The summed E-state index contributed by atoms with van der Waals surface area (Å²) in [6.07, 6.45) is 16.5. The molecule has 3 heteroatoms. The number of hydrogen-bond donors (Lipinski definition) is 0. The van der Waals surface area contributed by atoms with Crippen molar-refractivity contribution in [2.75, 3.05) is 0 Å². The first-order chi connectivity index (χ1) is 16.0. The van der Waals surface area contributed by atoms with Gasteiger partial charge in [0.25, 0.3) is 0 Å². The Labute approximate surface area is 240 Å². The molecule has 0 bridgehead atoms. The molecule has 0 radical (unpaired) electrons. The molecule has 0 aromatic heterocycles. The Balaban J connectivity index is 0.00000180. The van der Waals surface area contributed by atoms with Gasteiger partial charge in [-0.15, -0.1) is 0 Å². The number of hydrogen-bond acceptors (Lipinski definition) is 0. The van der Waals surface area contributed by atoms with Gasteiger partial charge in [-0.2, -0.15) is 0 Å². The van der Waals surface area contributed by atoms with Gasteiger partial charge in [-0.25, -0.2) is 0 Å². The van der Waals surface area contributed by atoms with Crippen molar-refractivity contribution in [1.29, 1.82) is 0 Å². The van der Waals surface area contributed by atoms with Crippen LogP contribution in [0, 0.1) is 13.8 Å². The Morgan fingerprint density at radius 2 is 1.31 bits per heavy atom. The van der Waals surface area contributed by atoms with Gasteiger partial charge in [-0.05, 0) is 0 Å². The smallest absolute Gasteiger partial charge is 1.00 e. The van der Waals surface area contributed by atoms with E-state index in [0.717, 1.165) is 6.42 Å². The second-order valence-electron chi connectivity index (χ2n) is 13.0. The summed E-state index contributed by atoms with van der Waals surface area (Å²) in [5.41, 5.74) is 12.8. The molecule has 1 fully saturated rings. The fourth-order valence-corrected chi connectivity index (χ4v) is 16.0. The molecule has 3 aliphatic rings. The average Bonchev–Trinajstić information content (AvgIpc) is 3.48. The van der Waals surface area contributed by atoms with Gasteiger partial charge in [0.05, 0.1) is 0 Å². The first kappa shape index (κ1) is 29.8. The summed E-state index contributed by atoms with van der Waals surface area (Å²) >= 11 is -2.10. The molecule has 0 amide bonds. The summed E-state index contributed by atoms with van der Waals surface area (Å²) in [6, 6.07) is 7.68. The molecule has 1 saturated carbocycles. The quantitative estimate of drug-likeness (QED) is 0.424. The molecule has 36 heavy (non-hydrogen) atoms. The van der Waals surface area contributed by atoms with Gasteiger partial charge >= 0.3 is 217 Å². The molecule has 0 nitrogen and oxygen atoms in total. The Bertz CT molecular complexity index is 1240. The van der Waals surface area contributed by atoms with Crippen LogP contribution in [0.1, 0.15) is 101 Å². The second kappa shape index (κ2) is 10.8. The number of halogens is 2. The zero-order chi connectivity index (χ0) is 24.4. The van der Waals surface area contributed by atoms with E-state index in [1.807, 2.05) is 6.48 Å². The molecule has 5 rings (SSSR count). The normalized spacial score (nSPS) is 16.4. The zero-order valence-electron chi connectivity index (χ0n) is 23.4. The van der Waals surface area contributed by atoms with Gasteiger partial charge in [-0.1, -0.05) is 0 Å². The van der Waals surface area contributed by atoms with Crippen LogP contribution in [-0.2, 0) is 38.5 Å². The predicted molar refractivity (Wildman–Crippen MR) is 147 cm³/mol. The van der Waals surface area contributed by atoms with E-state index in [0.29, 0.717) is 3.63 Å². The Kier molecular flexibility index (Phi) is 8.93. The van der Waals surface area contributed by atoms with Crippen molar-refractivity contribution in [1.82, 2.24) is 0 Å². The predicted octanol–water partition coefficient (Wildman–Crippen LogP) is 2.38. The molecule has 0 aliphatic heterocycles. The van der Waals surface area contributed by atoms with Gasteiger partial charge < -0.3 is 24.8 Å². The number of fused-ring (bicyclic) bond motifs is 3. The van der Waals surface area contributed by atoms with Crippen LogP contribution in [-0.4, -0.2) is 3.21 Å². The van der Waals surface area contributed by atoms with Crippen molar-refractivity contribution in [2.24, 2.45) is 0 Å². The van der Waals surface area contributed by atoms with E-state index in [4.69, 9.17) is 0 Å². The third-order valence-corrected chi connectivity index (χ3v) is 17.0. The van der Waals surface area contributed by atoms with E-state index in [2.05, 4.69) is 97.9 Å². The molecule has 2 aromatic rings. The summed E-state index contributed by atoms with van der Waals surface area (Å²) in [5, 5.41) is 0. The maximum absolute atomic E-state index is 2.60. The number of benzene rings is 2. The minimum absolute atomic E-state index is 0. The van der Waals surface area contributed by atoms with Crippen LogP contribution in [0.4, 0.5) is 0 Å². The van der Waals surface area contributed by atoms with Gasteiger partial charge in [0.1, 0.15) is 0 Å². The van der Waals surface area contributed by atoms with Crippen LogP contribution >= 0.6 is 0 Å². The molecule has 0 spiro atoms. The molecule has 0 atom stereocenters. The van der Waals surface area contributed by atoms with Crippen molar-refractivity contribution >= 4 is 6.48 Å². The van der Waals surface area contributed by atoms with Crippen molar-refractivity contribution in [3.05, 3.63) is 75.9 Å². The first-order valence-electron chi connectivity index (χ1n) is 13.4. The van der Waals surface area contributed by atoms with Crippen LogP contribution in [0.2, 0.25) is 3.63 Å². The standard InChI is InChI=1S/C23H29.C5H8.C5H5.2ClH.Zr/c1-14-9-16-11-17-10-15(2)21(23(6,7)8)13-19(17)18(16)12-20(14)22(3,4)5;2*1-2-4-5-3-1;;;/h9,12-13H,11H2,1-8H3;1-4H2;1-5H;2*1H;/q;;;;;+2/p-2. The first-order valence-corrected chi connectivity index (χ1v) is 17.2. The zero-order valence-corrected chi connectivity index (χ0v) is 27.4. The van der Waals surface area contributed by atoms with Gasteiger partial charge in [-0.3, -0.25) is 0 Å². The molecular weight excluding hydrogens is 558 g/mol. The third kappa shape index (κ3) is 5.24. The van der Waals surface area contributed by atoms with E-state index in [-0.39, 0.29) is 35.6 Å². The minimum Gasteiger partial charge on any atom is -1.00 e. The van der Waals surface area contributed by atoms with E-state index in [1.54, 1.807) is 27.8 Å². The molecule has 0 saturated heterocycles. The third-order valence-electron chi connectivity index (χ3n) is 8.36. The number of rotatable bonds is 2. The minimum atomic E-state index is -2.10. The van der Waals surface area contributed by atoms with E-state index >= 15 is 0 Å². The molecule has 192 valence electrons. The van der Waals surface area contributed by atoms with E-state index in [9.17, 15) is 0 Å².